The summed E-state index contributed by atoms with van der Waals surface area (Å²) in [6, 6.07) is 0. The summed E-state index contributed by atoms with van der Waals surface area (Å²) in [5.41, 5.74) is 5.35. The Labute approximate surface area is 289 Å². The smallest absolute Gasteiger partial charge is 0.472 e. The molecule has 278 valence electrons. The molecule has 8 nitrogen and oxygen atoms in total. The highest BCUT2D eigenvalue weighted by Gasteiger charge is 2.24. The molecular weight excluding hydrogens is 613 g/mol. The summed E-state index contributed by atoms with van der Waals surface area (Å²) >= 11 is 0. The van der Waals surface area contributed by atoms with Crippen LogP contribution >= 0.6 is 7.82 Å². The van der Waals surface area contributed by atoms with E-state index in [0.717, 1.165) is 32.1 Å². The Morgan fingerprint density at radius 2 is 1.09 bits per heavy atom. The highest BCUT2D eigenvalue weighted by atomic mass is 31.2. The van der Waals surface area contributed by atoms with Crippen molar-refractivity contribution in [3.8, 4) is 0 Å². The van der Waals surface area contributed by atoms with Crippen LogP contribution < -0.4 is 5.73 Å². The summed E-state index contributed by atoms with van der Waals surface area (Å²) in [5, 5.41) is 0. The number of unbranched alkanes of at least 4 members (excludes halogenated alkanes) is 22. The van der Waals surface area contributed by atoms with Crippen LogP contribution in [0.5, 0.6) is 0 Å². The molecule has 0 saturated carbocycles. The quantitative estimate of drug-likeness (QED) is 0.0218. The van der Waals surface area contributed by atoms with Gasteiger partial charge < -0.3 is 20.1 Å². The molecule has 0 aliphatic rings. The summed E-state index contributed by atoms with van der Waals surface area (Å²) in [7, 11) is -4.26. The van der Waals surface area contributed by atoms with E-state index in [9.17, 15) is 14.3 Å². The maximum absolute atomic E-state index is 12.3. The molecule has 0 aliphatic heterocycles. The SMILES string of the molecule is CCCCCCC=CCCCCCCCCC=CO[C@H](COC(=O)CCCCCCCCCCCCCC)COP(=O)(O)OCCN. The third-order valence-corrected chi connectivity index (χ3v) is 9.19. The van der Waals surface area contributed by atoms with Crippen molar-refractivity contribution in [1.29, 1.82) is 0 Å². The number of hydrogen-bond acceptors (Lipinski definition) is 7. The summed E-state index contributed by atoms with van der Waals surface area (Å²) in [6.45, 7) is 4.20. The van der Waals surface area contributed by atoms with E-state index in [1.54, 1.807) is 6.26 Å². The third kappa shape index (κ3) is 35.9. The first kappa shape index (κ1) is 45.8. The molecule has 1 unspecified atom stereocenters. The number of carbonyl (C=O) groups excluding carboxylic acids is 1. The van der Waals surface area contributed by atoms with E-state index >= 15 is 0 Å². The van der Waals surface area contributed by atoms with E-state index in [1.165, 1.54) is 128 Å². The van der Waals surface area contributed by atoms with Gasteiger partial charge in [-0.3, -0.25) is 13.8 Å². The Bertz CT molecular complexity index is 777. The van der Waals surface area contributed by atoms with Crippen molar-refractivity contribution in [2.24, 2.45) is 5.73 Å². The van der Waals surface area contributed by atoms with Crippen molar-refractivity contribution in [2.45, 2.75) is 187 Å². The molecule has 0 amide bonds. The summed E-state index contributed by atoms with van der Waals surface area (Å²) in [6.07, 6.45) is 38.6. The number of carbonyl (C=O) groups is 1. The fourth-order valence-electron chi connectivity index (χ4n) is 5.27. The van der Waals surface area contributed by atoms with Gasteiger partial charge in [-0.15, -0.1) is 0 Å². The zero-order chi connectivity index (χ0) is 34.5. The minimum atomic E-state index is -4.26. The fourth-order valence-corrected chi connectivity index (χ4v) is 6.03. The van der Waals surface area contributed by atoms with Gasteiger partial charge in [0.1, 0.15) is 6.61 Å². The molecule has 0 spiro atoms. The largest absolute Gasteiger partial charge is 0.492 e. The molecule has 0 aromatic rings. The molecule has 0 aliphatic carbocycles. The molecule has 0 fully saturated rings. The molecule has 0 heterocycles. The zero-order valence-electron chi connectivity index (χ0n) is 30.5. The van der Waals surface area contributed by atoms with Crippen LogP contribution in [0.25, 0.3) is 0 Å². The van der Waals surface area contributed by atoms with Gasteiger partial charge in [-0.25, -0.2) is 4.57 Å². The number of phosphoric acid groups is 1. The standard InChI is InChI=1S/C38H74NO7P/c1-3-5-7-9-11-13-15-17-18-19-20-22-24-26-28-30-33-43-37(36-46-47(41,42)45-34-32-39)35-44-38(40)31-29-27-25-23-21-16-14-12-10-8-6-4-2/h13,15,30,33,37H,3-12,14,16-29,31-32,34-36,39H2,1-2H3,(H,41,42)/t37-/m1/s1. The summed E-state index contributed by atoms with van der Waals surface area (Å²) < 4.78 is 33.1. The molecule has 0 aromatic heterocycles. The number of hydrogen-bond donors (Lipinski definition) is 2. The summed E-state index contributed by atoms with van der Waals surface area (Å²) in [5.74, 6) is -0.292. The van der Waals surface area contributed by atoms with Gasteiger partial charge in [-0.05, 0) is 51.0 Å². The first-order chi connectivity index (χ1) is 22.9. The molecule has 3 N–H and O–H groups in total. The highest BCUT2D eigenvalue weighted by molar-refractivity contribution is 7.47. The first-order valence-corrected chi connectivity index (χ1v) is 20.9. The summed E-state index contributed by atoms with van der Waals surface area (Å²) in [4.78, 5) is 22.2. The Morgan fingerprint density at radius 1 is 0.638 bits per heavy atom. The van der Waals surface area contributed by atoms with E-state index in [2.05, 4.69) is 26.0 Å². The lowest BCUT2D eigenvalue weighted by Gasteiger charge is -2.19. The molecule has 0 saturated heterocycles. The van der Waals surface area contributed by atoms with Gasteiger partial charge in [-0.1, -0.05) is 142 Å². The molecule has 0 aromatic carbocycles. The Morgan fingerprint density at radius 3 is 1.60 bits per heavy atom. The molecule has 0 radical (unpaired) electrons. The lowest BCUT2D eigenvalue weighted by molar-refractivity contribution is -0.147. The molecule has 47 heavy (non-hydrogen) atoms. The van der Waals surface area contributed by atoms with Crippen molar-refractivity contribution in [3.05, 3.63) is 24.5 Å². The number of nitrogens with two attached hydrogens (primary N) is 1. The third-order valence-electron chi connectivity index (χ3n) is 8.21. The van der Waals surface area contributed by atoms with Crippen molar-refractivity contribution < 1.29 is 32.8 Å². The lowest BCUT2D eigenvalue weighted by Crippen LogP contribution is -2.25. The maximum Gasteiger partial charge on any atom is 0.472 e. The second-order valence-electron chi connectivity index (χ2n) is 12.9. The predicted octanol–water partition coefficient (Wildman–Crippen LogP) is 11.3. The van der Waals surface area contributed by atoms with Gasteiger partial charge in [0.15, 0.2) is 6.10 Å². The highest BCUT2D eigenvalue weighted by Crippen LogP contribution is 2.43. The van der Waals surface area contributed by atoms with Crippen molar-refractivity contribution >= 4 is 13.8 Å². The number of rotatable bonds is 37. The molecular formula is C38H74NO7P. The maximum atomic E-state index is 12.3. The van der Waals surface area contributed by atoms with E-state index in [0.29, 0.717) is 6.42 Å². The Kier molecular flexibility index (Phi) is 35.2. The van der Waals surface area contributed by atoms with E-state index in [-0.39, 0.29) is 32.3 Å². The second-order valence-corrected chi connectivity index (χ2v) is 14.3. The van der Waals surface area contributed by atoms with Gasteiger partial charge in [-0.2, -0.15) is 0 Å². The molecule has 0 rings (SSSR count). The minimum Gasteiger partial charge on any atom is -0.492 e. The Balaban J connectivity index is 4.13. The normalized spacial score (nSPS) is 13.8. The topological polar surface area (TPSA) is 117 Å². The van der Waals surface area contributed by atoms with Crippen LogP contribution in [0.4, 0.5) is 0 Å². The average molecular weight is 688 g/mol. The van der Waals surface area contributed by atoms with E-state index < -0.39 is 13.9 Å². The minimum absolute atomic E-state index is 0.0631. The van der Waals surface area contributed by atoms with Crippen LogP contribution in [-0.4, -0.2) is 43.3 Å². The van der Waals surface area contributed by atoms with Crippen molar-refractivity contribution in [1.82, 2.24) is 0 Å². The van der Waals surface area contributed by atoms with Crippen LogP contribution in [0.1, 0.15) is 181 Å². The average Bonchev–Trinajstić information content (AvgIpc) is 3.06. The monoisotopic (exact) mass is 688 g/mol. The lowest BCUT2D eigenvalue weighted by atomic mass is 10.0. The van der Waals surface area contributed by atoms with Gasteiger partial charge in [0.25, 0.3) is 0 Å². The van der Waals surface area contributed by atoms with Gasteiger partial charge >= 0.3 is 13.8 Å². The van der Waals surface area contributed by atoms with E-state index in [4.69, 9.17) is 24.3 Å². The number of phosphoric ester groups is 1. The van der Waals surface area contributed by atoms with Crippen LogP contribution in [0.2, 0.25) is 0 Å². The number of allylic oxidation sites excluding steroid dienone is 3. The van der Waals surface area contributed by atoms with Gasteiger partial charge in [0, 0.05) is 13.0 Å². The van der Waals surface area contributed by atoms with Gasteiger partial charge in [0.05, 0.1) is 19.5 Å². The Hall–Kier alpha value is -1.18. The van der Waals surface area contributed by atoms with Crippen LogP contribution in [0.15, 0.2) is 24.5 Å². The zero-order valence-corrected chi connectivity index (χ0v) is 31.4. The fraction of sp³-hybridized carbons (Fsp3) is 0.868. The number of esters is 1. The molecule has 9 heteroatoms. The molecule has 2 atom stereocenters. The molecule has 0 bridgehead atoms. The van der Waals surface area contributed by atoms with Crippen LogP contribution in [0.3, 0.4) is 0 Å². The van der Waals surface area contributed by atoms with Crippen LogP contribution in [0, 0.1) is 0 Å². The van der Waals surface area contributed by atoms with Gasteiger partial charge in [0.2, 0.25) is 0 Å². The van der Waals surface area contributed by atoms with Crippen molar-refractivity contribution in [2.75, 3.05) is 26.4 Å². The number of ether oxygens (including phenoxy) is 2. The van der Waals surface area contributed by atoms with Crippen molar-refractivity contribution in [3.63, 3.8) is 0 Å². The predicted molar refractivity (Wildman–Crippen MR) is 196 cm³/mol. The van der Waals surface area contributed by atoms with Crippen LogP contribution in [-0.2, 0) is 27.9 Å². The first-order valence-electron chi connectivity index (χ1n) is 19.4. The van der Waals surface area contributed by atoms with E-state index in [1.807, 2.05) is 6.08 Å². The second kappa shape index (κ2) is 36.1.